The molecule has 3 fully saturated rings. The Balaban J connectivity index is 1.31. The Morgan fingerprint density at radius 2 is 1.87 bits per heavy atom. The zero-order valence-corrected chi connectivity index (χ0v) is 20.5. The Labute approximate surface area is 195 Å². The molecule has 2 aliphatic carbocycles. The fourth-order valence-corrected chi connectivity index (χ4v) is 7.09. The largest absolute Gasteiger partial charge is 0.379 e. The monoisotopic (exact) mass is 466 g/mol. The summed E-state index contributed by atoms with van der Waals surface area (Å²) in [6.45, 7) is 7.17. The van der Waals surface area contributed by atoms with Gasteiger partial charge in [-0.2, -0.15) is 0 Å². The van der Waals surface area contributed by atoms with E-state index in [0.717, 1.165) is 75.3 Å². The van der Waals surface area contributed by atoms with Crippen LogP contribution in [0, 0.1) is 5.92 Å². The van der Waals surface area contributed by atoms with Gasteiger partial charge in [0.05, 0.1) is 23.6 Å². The summed E-state index contributed by atoms with van der Waals surface area (Å²) >= 11 is 3.44. The predicted octanol–water partition coefficient (Wildman–Crippen LogP) is 5.31. The quantitative estimate of drug-likeness (QED) is 0.552. The molecule has 8 heteroatoms. The zero-order chi connectivity index (χ0) is 21.5. The lowest BCUT2D eigenvalue weighted by Crippen LogP contribution is -2.51. The Kier molecular flexibility index (Phi) is 8.93. The molecule has 0 spiro atoms. The first-order chi connectivity index (χ1) is 15.2. The first-order valence-corrected chi connectivity index (χ1v) is 14.0. The number of aromatic nitrogens is 1. The molecule has 1 N–H and O–H groups in total. The third-order valence-electron chi connectivity index (χ3n) is 7.04. The zero-order valence-electron chi connectivity index (χ0n) is 18.9. The van der Waals surface area contributed by atoms with E-state index in [-0.39, 0.29) is 6.03 Å². The van der Waals surface area contributed by atoms with Crippen molar-refractivity contribution in [3.8, 4) is 0 Å². The number of urea groups is 1. The Morgan fingerprint density at radius 1 is 1.16 bits per heavy atom. The molecule has 1 aromatic rings. The summed E-state index contributed by atoms with van der Waals surface area (Å²) in [6.07, 6.45) is 12.8. The first kappa shape index (κ1) is 23.3. The fourth-order valence-electron chi connectivity index (χ4n) is 5.15. The summed E-state index contributed by atoms with van der Waals surface area (Å²) in [5.74, 6) is 1.84. The molecule has 1 aromatic heterocycles. The molecule has 2 amide bonds. The molecular weight excluding hydrogens is 428 g/mol. The minimum absolute atomic E-state index is 0.0747. The van der Waals surface area contributed by atoms with Crippen LogP contribution in [0.1, 0.15) is 64.7 Å². The summed E-state index contributed by atoms with van der Waals surface area (Å²) in [4.78, 5) is 22.6. The second-order valence-corrected chi connectivity index (χ2v) is 11.8. The van der Waals surface area contributed by atoms with E-state index < -0.39 is 0 Å². The van der Waals surface area contributed by atoms with Crippen molar-refractivity contribution in [2.75, 3.05) is 43.9 Å². The van der Waals surface area contributed by atoms with Crippen LogP contribution >= 0.6 is 23.1 Å². The molecule has 1 aliphatic heterocycles. The van der Waals surface area contributed by atoms with Crippen LogP contribution in [0.4, 0.5) is 9.93 Å². The molecule has 0 bridgehead atoms. The number of thioether (sulfide) groups is 1. The van der Waals surface area contributed by atoms with Crippen LogP contribution in [0.2, 0.25) is 0 Å². The van der Waals surface area contributed by atoms with E-state index in [1.54, 1.807) is 11.3 Å². The van der Waals surface area contributed by atoms with E-state index in [2.05, 4.69) is 27.0 Å². The van der Waals surface area contributed by atoms with Gasteiger partial charge in [-0.15, -0.1) is 11.8 Å². The number of carbonyl (C=O) groups excluding carboxylic acids is 1. The van der Waals surface area contributed by atoms with Crippen LogP contribution < -0.4 is 5.32 Å². The average molecular weight is 467 g/mol. The number of hydrogen-bond acceptors (Lipinski definition) is 6. The van der Waals surface area contributed by atoms with Gasteiger partial charge in [0.25, 0.3) is 0 Å². The van der Waals surface area contributed by atoms with Gasteiger partial charge in [0, 0.05) is 37.5 Å². The summed E-state index contributed by atoms with van der Waals surface area (Å²) in [5.41, 5.74) is 0. The standard InChI is InChI=1S/C23H38N4O2S2/c1-18-7-9-20(10-8-18)27(19-5-3-2-4-6-19)23(28)25-22-24-17-21(31-22)30-16-13-26-11-14-29-15-12-26/h17-20H,2-16H2,1H3,(H,24,25,28). The lowest BCUT2D eigenvalue weighted by molar-refractivity contribution is 0.0410. The van der Waals surface area contributed by atoms with E-state index in [1.165, 1.54) is 36.3 Å². The van der Waals surface area contributed by atoms with Gasteiger partial charge in [-0.1, -0.05) is 37.5 Å². The van der Waals surface area contributed by atoms with Crippen molar-refractivity contribution in [3.05, 3.63) is 6.20 Å². The maximum atomic E-state index is 13.4. The van der Waals surface area contributed by atoms with E-state index in [4.69, 9.17) is 4.74 Å². The topological polar surface area (TPSA) is 57.7 Å². The van der Waals surface area contributed by atoms with Gasteiger partial charge >= 0.3 is 6.03 Å². The summed E-state index contributed by atoms with van der Waals surface area (Å²) in [7, 11) is 0. The molecular formula is C23H38N4O2S2. The Hall–Kier alpha value is -0.830. The molecule has 0 radical (unpaired) electrons. The molecule has 4 rings (SSSR count). The molecule has 2 heterocycles. The average Bonchev–Trinajstić information content (AvgIpc) is 3.24. The van der Waals surface area contributed by atoms with Crippen LogP contribution in [0.3, 0.4) is 0 Å². The van der Waals surface area contributed by atoms with E-state index in [0.29, 0.717) is 12.1 Å². The SMILES string of the molecule is CC1CCC(N(C(=O)Nc2ncc(SCCN3CCOCC3)s2)C2CCCCC2)CC1. The van der Waals surface area contributed by atoms with Crippen molar-refractivity contribution in [2.24, 2.45) is 5.92 Å². The van der Waals surface area contributed by atoms with Gasteiger partial charge in [0.15, 0.2) is 5.13 Å². The summed E-state index contributed by atoms with van der Waals surface area (Å²) < 4.78 is 6.60. The lowest BCUT2D eigenvalue weighted by atomic mass is 9.84. The number of morpholine rings is 1. The number of anilines is 1. The highest BCUT2D eigenvalue weighted by molar-refractivity contribution is 8.01. The van der Waals surface area contributed by atoms with Gasteiger partial charge in [0.2, 0.25) is 0 Å². The summed E-state index contributed by atoms with van der Waals surface area (Å²) in [6, 6.07) is 0.863. The molecule has 3 aliphatic rings. The van der Waals surface area contributed by atoms with Crippen LogP contribution in [0.25, 0.3) is 0 Å². The molecule has 6 nitrogen and oxygen atoms in total. The van der Waals surface area contributed by atoms with E-state index >= 15 is 0 Å². The van der Waals surface area contributed by atoms with Crippen LogP contribution in [0.5, 0.6) is 0 Å². The smallest absolute Gasteiger partial charge is 0.324 e. The van der Waals surface area contributed by atoms with Crippen LogP contribution in [-0.4, -0.2) is 71.5 Å². The van der Waals surface area contributed by atoms with Crippen LogP contribution in [-0.2, 0) is 4.74 Å². The van der Waals surface area contributed by atoms with E-state index in [1.807, 2.05) is 18.0 Å². The predicted molar refractivity (Wildman–Crippen MR) is 129 cm³/mol. The highest BCUT2D eigenvalue weighted by atomic mass is 32.2. The number of thiazole rings is 1. The number of rotatable bonds is 7. The molecule has 31 heavy (non-hydrogen) atoms. The highest BCUT2D eigenvalue weighted by Crippen LogP contribution is 2.34. The second kappa shape index (κ2) is 11.9. The number of ether oxygens (including phenoxy) is 1. The van der Waals surface area contributed by atoms with E-state index in [9.17, 15) is 4.79 Å². The Bertz CT molecular complexity index is 681. The van der Waals surface area contributed by atoms with Crippen molar-refractivity contribution in [1.82, 2.24) is 14.8 Å². The normalized spacial score (nSPS) is 26.0. The van der Waals surface area contributed by atoms with Crippen molar-refractivity contribution in [3.63, 3.8) is 0 Å². The van der Waals surface area contributed by atoms with Crippen LogP contribution in [0.15, 0.2) is 10.4 Å². The maximum Gasteiger partial charge on any atom is 0.324 e. The number of amides is 2. The molecule has 174 valence electrons. The molecule has 1 saturated heterocycles. The lowest BCUT2D eigenvalue weighted by Gasteiger charge is -2.42. The highest BCUT2D eigenvalue weighted by Gasteiger charge is 2.34. The van der Waals surface area contributed by atoms with Crippen molar-refractivity contribution in [1.29, 1.82) is 0 Å². The third kappa shape index (κ3) is 6.83. The molecule has 0 unspecified atom stereocenters. The van der Waals surface area contributed by atoms with Gasteiger partial charge in [-0.3, -0.25) is 10.2 Å². The second-order valence-electron chi connectivity index (χ2n) is 9.33. The van der Waals surface area contributed by atoms with Gasteiger partial charge in [-0.05, 0) is 44.4 Å². The minimum atomic E-state index is 0.0747. The maximum absolute atomic E-state index is 13.4. The number of carbonyl (C=O) groups is 1. The Morgan fingerprint density at radius 3 is 2.61 bits per heavy atom. The van der Waals surface area contributed by atoms with Crippen molar-refractivity contribution >= 4 is 34.3 Å². The van der Waals surface area contributed by atoms with Crippen molar-refractivity contribution in [2.45, 2.75) is 81.0 Å². The minimum Gasteiger partial charge on any atom is -0.379 e. The molecule has 0 atom stereocenters. The molecule has 2 saturated carbocycles. The van der Waals surface area contributed by atoms with Gasteiger partial charge in [-0.25, -0.2) is 9.78 Å². The number of nitrogens with zero attached hydrogens (tertiary/aromatic N) is 3. The number of hydrogen-bond donors (Lipinski definition) is 1. The van der Waals surface area contributed by atoms with Gasteiger partial charge < -0.3 is 9.64 Å². The first-order valence-electron chi connectivity index (χ1n) is 12.2. The van der Waals surface area contributed by atoms with Gasteiger partial charge in [0.1, 0.15) is 0 Å². The fraction of sp³-hybridized carbons (Fsp3) is 0.826. The summed E-state index contributed by atoms with van der Waals surface area (Å²) in [5, 5.41) is 3.90. The third-order valence-corrected chi connectivity index (χ3v) is 9.12. The van der Waals surface area contributed by atoms with Crippen molar-refractivity contribution < 1.29 is 9.53 Å². The number of nitrogens with one attached hydrogen (secondary N) is 1. The molecule has 0 aromatic carbocycles.